The highest BCUT2D eigenvalue weighted by molar-refractivity contribution is 6.08. The Bertz CT molecular complexity index is 1100. The third-order valence-electron chi connectivity index (χ3n) is 5.14. The average Bonchev–Trinajstić information content (AvgIpc) is 2.72. The van der Waals surface area contributed by atoms with E-state index in [1.54, 1.807) is 36.8 Å². The lowest BCUT2D eigenvalue weighted by Gasteiger charge is -2.32. The van der Waals surface area contributed by atoms with Gasteiger partial charge in [-0.2, -0.15) is 0 Å². The number of fused-ring (bicyclic) bond motifs is 1. The molecule has 7 nitrogen and oxygen atoms in total. The molecule has 0 bridgehead atoms. The maximum Gasteiger partial charge on any atom is 0.259 e. The number of pyridine rings is 2. The third kappa shape index (κ3) is 4.15. The van der Waals surface area contributed by atoms with Gasteiger partial charge >= 0.3 is 0 Å². The monoisotopic (exact) mass is 401 g/mol. The van der Waals surface area contributed by atoms with Crippen LogP contribution in [-0.2, 0) is 16.8 Å². The van der Waals surface area contributed by atoms with Gasteiger partial charge in [-0.05, 0) is 47.5 Å². The Morgan fingerprint density at radius 1 is 1.13 bits per heavy atom. The van der Waals surface area contributed by atoms with Gasteiger partial charge in [-0.3, -0.25) is 14.6 Å². The molecule has 0 radical (unpaired) electrons. The highest BCUT2D eigenvalue weighted by Gasteiger charge is 2.31. The second-order valence-electron chi connectivity index (χ2n) is 7.93. The van der Waals surface area contributed by atoms with Crippen LogP contribution in [0.5, 0.6) is 0 Å². The van der Waals surface area contributed by atoms with Gasteiger partial charge in [-0.25, -0.2) is 4.98 Å². The second-order valence-corrected chi connectivity index (χ2v) is 7.93. The van der Waals surface area contributed by atoms with E-state index in [1.165, 1.54) is 0 Å². The summed E-state index contributed by atoms with van der Waals surface area (Å²) in [5.74, 6) is 0.201. The van der Waals surface area contributed by atoms with Gasteiger partial charge in [0.1, 0.15) is 5.82 Å². The van der Waals surface area contributed by atoms with Gasteiger partial charge in [0.05, 0.1) is 5.56 Å². The van der Waals surface area contributed by atoms with Gasteiger partial charge in [-0.1, -0.05) is 19.9 Å². The second kappa shape index (κ2) is 7.94. The van der Waals surface area contributed by atoms with Crippen molar-refractivity contribution in [3.8, 4) is 0 Å². The first-order valence-electron chi connectivity index (χ1n) is 9.76. The van der Waals surface area contributed by atoms with Crippen molar-refractivity contribution in [3.63, 3.8) is 0 Å². The summed E-state index contributed by atoms with van der Waals surface area (Å²) in [7, 11) is 0. The van der Waals surface area contributed by atoms with Gasteiger partial charge in [-0.15, -0.1) is 0 Å². The summed E-state index contributed by atoms with van der Waals surface area (Å²) >= 11 is 0. The summed E-state index contributed by atoms with van der Waals surface area (Å²) < 4.78 is 0. The van der Waals surface area contributed by atoms with E-state index in [-0.39, 0.29) is 17.2 Å². The number of amides is 2. The van der Waals surface area contributed by atoms with E-state index in [2.05, 4.69) is 25.9 Å². The van der Waals surface area contributed by atoms with Crippen LogP contribution in [0.4, 0.5) is 17.2 Å². The Hall–Kier alpha value is -3.74. The van der Waals surface area contributed by atoms with Crippen LogP contribution in [0.3, 0.4) is 0 Å². The van der Waals surface area contributed by atoms with Crippen molar-refractivity contribution in [3.05, 3.63) is 77.7 Å². The topological polar surface area (TPSA) is 96.0 Å². The normalized spacial score (nSPS) is 14.4. The molecule has 4 rings (SSSR count). The summed E-state index contributed by atoms with van der Waals surface area (Å²) in [4.78, 5) is 33.2. The van der Waals surface area contributed by atoms with E-state index >= 15 is 0 Å². The summed E-state index contributed by atoms with van der Waals surface area (Å²) in [6, 6.07) is 12.9. The molecule has 2 aromatic heterocycles. The summed E-state index contributed by atoms with van der Waals surface area (Å²) in [5, 5.41) is 9.01. The van der Waals surface area contributed by atoms with Crippen LogP contribution in [0.2, 0.25) is 0 Å². The molecule has 0 saturated carbocycles. The number of nitrogens with zero attached hydrogens (tertiary/aromatic N) is 2. The fraction of sp³-hybridized carbons (Fsp3) is 0.217. The first kappa shape index (κ1) is 19.6. The van der Waals surface area contributed by atoms with Crippen LogP contribution in [-0.4, -0.2) is 21.8 Å². The Morgan fingerprint density at radius 3 is 2.73 bits per heavy atom. The van der Waals surface area contributed by atoms with Crippen LogP contribution < -0.4 is 16.0 Å². The van der Waals surface area contributed by atoms with Crippen LogP contribution in [0.1, 0.15) is 41.8 Å². The lowest BCUT2D eigenvalue weighted by molar-refractivity contribution is -0.117. The number of hydrogen-bond donors (Lipinski definition) is 3. The number of benzene rings is 1. The molecule has 30 heavy (non-hydrogen) atoms. The Morgan fingerprint density at radius 2 is 1.93 bits per heavy atom. The van der Waals surface area contributed by atoms with E-state index in [0.717, 1.165) is 16.8 Å². The number of aromatic nitrogens is 2. The molecule has 152 valence electrons. The van der Waals surface area contributed by atoms with Gasteiger partial charge in [0, 0.05) is 48.3 Å². The van der Waals surface area contributed by atoms with Crippen molar-refractivity contribution in [2.24, 2.45) is 0 Å². The summed E-state index contributed by atoms with van der Waals surface area (Å²) in [5.41, 5.74) is 3.63. The molecular weight excluding hydrogens is 378 g/mol. The van der Waals surface area contributed by atoms with Crippen molar-refractivity contribution >= 4 is 29.0 Å². The molecule has 0 fully saturated rings. The van der Waals surface area contributed by atoms with Crippen LogP contribution in [0.15, 0.2) is 61.1 Å². The molecule has 3 heterocycles. The highest BCUT2D eigenvalue weighted by atomic mass is 16.2. The average molecular weight is 401 g/mol. The number of nitrogens with one attached hydrogen (secondary N) is 3. The molecule has 0 spiro atoms. The SMILES string of the molecule is CC1(C)CC(=O)Nc2cc(NC(=O)c3cccnc3NCc3ccncc3)ccc21. The van der Waals surface area contributed by atoms with E-state index in [4.69, 9.17) is 0 Å². The molecule has 1 aliphatic heterocycles. The summed E-state index contributed by atoms with van der Waals surface area (Å²) in [6.45, 7) is 4.61. The summed E-state index contributed by atoms with van der Waals surface area (Å²) in [6.07, 6.45) is 5.52. The molecule has 0 unspecified atom stereocenters. The van der Waals surface area contributed by atoms with Crippen molar-refractivity contribution in [2.45, 2.75) is 32.2 Å². The molecule has 1 aliphatic rings. The molecular formula is C23H23N5O2. The molecule has 0 atom stereocenters. The first-order valence-corrected chi connectivity index (χ1v) is 9.76. The first-order chi connectivity index (χ1) is 14.4. The molecule has 0 saturated heterocycles. The maximum absolute atomic E-state index is 12.9. The minimum Gasteiger partial charge on any atom is -0.365 e. The minimum absolute atomic E-state index is 0.0224. The van der Waals surface area contributed by atoms with E-state index in [9.17, 15) is 9.59 Å². The van der Waals surface area contributed by atoms with E-state index in [1.807, 2.05) is 38.1 Å². The number of carbonyl (C=O) groups is 2. The highest BCUT2D eigenvalue weighted by Crippen LogP contribution is 2.38. The van der Waals surface area contributed by atoms with Crippen molar-refractivity contribution in [1.29, 1.82) is 0 Å². The number of hydrogen-bond acceptors (Lipinski definition) is 5. The van der Waals surface area contributed by atoms with Gasteiger partial charge < -0.3 is 16.0 Å². The molecule has 3 N–H and O–H groups in total. The molecule has 2 amide bonds. The zero-order chi connectivity index (χ0) is 21.1. The van der Waals surface area contributed by atoms with Crippen LogP contribution in [0, 0.1) is 0 Å². The van der Waals surface area contributed by atoms with Crippen molar-refractivity contribution in [2.75, 3.05) is 16.0 Å². The fourth-order valence-corrected chi connectivity index (χ4v) is 3.62. The van der Waals surface area contributed by atoms with Crippen molar-refractivity contribution in [1.82, 2.24) is 9.97 Å². The van der Waals surface area contributed by atoms with Gasteiger partial charge in [0.25, 0.3) is 5.91 Å². The molecule has 0 aliphatic carbocycles. The van der Waals surface area contributed by atoms with Gasteiger partial charge in [0.2, 0.25) is 5.91 Å². The van der Waals surface area contributed by atoms with E-state index < -0.39 is 0 Å². The van der Waals surface area contributed by atoms with E-state index in [0.29, 0.717) is 30.0 Å². The van der Waals surface area contributed by atoms with Crippen LogP contribution >= 0.6 is 0 Å². The van der Waals surface area contributed by atoms with Crippen molar-refractivity contribution < 1.29 is 9.59 Å². The predicted molar refractivity (Wildman–Crippen MR) is 116 cm³/mol. The Balaban J connectivity index is 1.52. The van der Waals surface area contributed by atoms with Crippen LogP contribution in [0.25, 0.3) is 0 Å². The maximum atomic E-state index is 12.9. The number of rotatable bonds is 5. The standard InChI is InChI=1S/C23H23N5O2/c1-23(2)13-20(29)28-19-12-16(5-6-18(19)23)27-22(30)17-4-3-9-25-21(17)26-14-15-7-10-24-11-8-15/h3-12H,13-14H2,1-2H3,(H,25,26)(H,27,30)(H,28,29). The minimum atomic E-state index is -0.276. The number of carbonyl (C=O) groups excluding carboxylic acids is 2. The molecule has 7 heteroatoms. The fourth-order valence-electron chi connectivity index (χ4n) is 3.62. The predicted octanol–water partition coefficient (Wildman–Crippen LogP) is 3.96. The smallest absolute Gasteiger partial charge is 0.259 e. The lowest BCUT2D eigenvalue weighted by atomic mass is 9.78. The zero-order valence-corrected chi connectivity index (χ0v) is 16.9. The molecule has 1 aromatic carbocycles. The lowest BCUT2D eigenvalue weighted by Crippen LogP contribution is -2.32. The third-order valence-corrected chi connectivity index (χ3v) is 5.14. The largest absolute Gasteiger partial charge is 0.365 e. The van der Waals surface area contributed by atoms with Gasteiger partial charge in [0.15, 0.2) is 0 Å². The molecule has 3 aromatic rings. The quantitative estimate of drug-likeness (QED) is 0.601. The Kier molecular flexibility index (Phi) is 5.18. The Labute approximate surface area is 175 Å². The number of anilines is 3. The zero-order valence-electron chi connectivity index (χ0n) is 16.9.